The van der Waals surface area contributed by atoms with E-state index in [9.17, 15) is 14.9 Å². The first-order valence-electron chi connectivity index (χ1n) is 7.67. The molecule has 3 rings (SSSR count). The van der Waals surface area contributed by atoms with E-state index in [1.807, 2.05) is 36.4 Å². The number of thioether (sulfide) groups is 1. The molecule has 0 spiro atoms. The Kier molecular flexibility index (Phi) is 5.55. The third-order valence-corrected chi connectivity index (χ3v) is 4.34. The van der Waals surface area contributed by atoms with Crippen LogP contribution in [0.1, 0.15) is 5.56 Å². The maximum absolute atomic E-state index is 11.9. The quantitative estimate of drug-likeness (QED) is 0.312. The van der Waals surface area contributed by atoms with Crippen molar-refractivity contribution in [1.82, 2.24) is 10.4 Å². The molecule has 8 heteroatoms. The molecule has 0 aliphatic heterocycles. The molecule has 0 fully saturated rings. The molecular weight excluding hydrogens is 352 g/mol. The Labute approximate surface area is 153 Å². The Hall–Kier alpha value is -3.26. The molecule has 0 saturated carbocycles. The molecule has 0 atom stereocenters. The third kappa shape index (κ3) is 4.64. The van der Waals surface area contributed by atoms with Gasteiger partial charge < -0.3 is 0 Å². The van der Waals surface area contributed by atoms with Crippen molar-refractivity contribution in [2.75, 3.05) is 5.75 Å². The van der Waals surface area contributed by atoms with Crippen molar-refractivity contribution in [3.63, 3.8) is 0 Å². The van der Waals surface area contributed by atoms with Gasteiger partial charge in [0.25, 0.3) is 5.69 Å². The highest BCUT2D eigenvalue weighted by molar-refractivity contribution is 7.99. The molecule has 0 saturated heterocycles. The van der Waals surface area contributed by atoms with Crippen LogP contribution in [0.5, 0.6) is 0 Å². The topological polar surface area (TPSA) is 97.5 Å². The van der Waals surface area contributed by atoms with Crippen LogP contribution in [0.2, 0.25) is 0 Å². The zero-order chi connectivity index (χ0) is 18.4. The van der Waals surface area contributed by atoms with Gasteiger partial charge in [0.2, 0.25) is 5.91 Å². The highest BCUT2D eigenvalue weighted by atomic mass is 32.2. The molecule has 2 aromatic carbocycles. The molecule has 1 N–H and O–H groups in total. The van der Waals surface area contributed by atoms with E-state index in [0.717, 1.165) is 15.9 Å². The summed E-state index contributed by atoms with van der Waals surface area (Å²) in [5, 5.41) is 16.3. The number of amides is 1. The van der Waals surface area contributed by atoms with E-state index in [1.165, 1.54) is 30.1 Å². The van der Waals surface area contributed by atoms with Crippen molar-refractivity contribution >= 4 is 40.5 Å². The van der Waals surface area contributed by atoms with Gasteiger partial charge in [0.05, 0.1) is 27.4 Å². The van der Waals surface area contributed by atoms with Gasteiger partial charge in [-0.15, -0.1) is 0 Å². The lowest BCUT2D eigenvalue weighted by molar-refractivity contribution is -0.384. The molecule has 0 bridgehead atoms. The summed E-state index contributed by atoms with van der Waals surface area (Å²) in [5.74, 6) is -0.121. The second-order valence-electron chi connectivity index (χ2n) is 5.28. The number of pyridine rings is 1. The van der Waals surface area contributed by atoms with Crippen LogP contribution in [-0.2, 0) is 4.79 Å². The van der Waals surface area contributed by atoms with Gasteiger partial charge in [0, 0.05) is 23.1 Å². The molecule has 130 valence electrons. The van der Waals surface area contributed by atoms with Crippen molar-refractivity contribution in [1.29, 1.82) is 0 Å². The monoisotopic (exact) mass is 366 g/mol. The number of nitro groups is 1. The molecule has 7 nitrogen and oxygen atoms in total. The van der Waals surface area contributed by atoms with Crippen molar-refractivity contribution in [2.45, 2.75) is 5.03 Å². The van der Waals surface area contributed by atoms with Crippen LogP contribution in [-0.4, -0.2) is 27.8 Å². The van der Waals surface area contributed by atoms with Crippen LogP contribution >= 0.6 is 11.8 Å². The normalized spacial score (nSPS) is 10.9. The molecule has 0 aliphatic rings. The van der Waals surface area contributed by atoms with Gasteiger partial charge in [-0.2, -0.15) is 5.10 Å². The Morgan fingerprint density at radius 3 is 2.88 bits per heavy atom. The third-order valence-electron chi connectivity index (χ3n) is 3.41. The number of non-ortho nitro benzene ring substituents is 1. The first-order valence-corrected chi connectivity index (χ1v) is 8.65. The number of benzene rings is 2. The van der Waals surface area contributed by atoms with Crippen LogP contribution in [0.4, 0.5) is 5.69 Å². The first kappa shape index (κ1) is 17.6. The molecule has 1 heterocycles. The number of fused-ring (bicyclic) bond motifs is 1. The van der Waals surface area contributed by atoms with E-state index in [-0.39, 0.29) is 17.3 Å². The second-order valence-corrected chi connectivity index (χ2v) is 6.27. The van der Waals surface area contributed by atoms with E-state index in [2.05, 4.69) is 15.5 Å². The second kappa shape index (κ2) is 8.21. The number of hydrogen-bond acceptors (Lipinski definition) is 6. The summed E-state index contributed by atoms with van der Waals surface area (Å²) in [6.45, 7) is 0. The molecule has 1 amide bonds. The SMILES string of the molecule is O=C(CSc1ccc2ccccc2n1)NN=Cc1cccc([N+](=O)[O-])c1. The summed E-state index contributed by atoms with van der Waals surface area (Å²) in [4.78, 5) is 26.6. The zero-order valence-corrected chi connectivity index (χ0v) is 14.3. The highest BCUT2D eigenvalue weighted by Crippen LogP contribution is 2.19. The van der Waals surface area contributed by atoms with Crippen LogP contribution < -0.4 is 5.43 Å². The van der Waals surface area contributed by atoms with Crippen molar-refractivity contribution < 1.29 is 9.72 Å². The van der Waals surface area contributed by atoms with E-state index in [0.29, 0.717) is 5.56 Å². The van der Waals surface area contributed by atoms with Crippen molar-refractivity contribution in [2.24, 2.45) is 5.10 Å². The Morgan fingerprint density at radius 2 is 2.04 bits per heavy atom. The maximum Gasteiger partial charge on any atom is 0.270 e. The predicted octanol–water partition coefficient (Wildman–Crippen LogP) is 3.39. The molecule has 3 aromatic rings. The smallest absolute Gasteiger partial charge is 0.270 e. The summed E-state index contributed by atoms with van der Waals surface area (Å²) in [6.07, 6.45) is 1.36. The summed E-state index contributed by atoms with van der Waals surface area (Å²) >= 11 is 1.31. The highest BCUT2D eigenvalue weighted by Gasteiger charge is 2.05. The number of rotatable bonds is 6. The fraction of sp³-hybridized carbons (Fsp3) is 0.0556. The van der Waals surface area contributed by atoms with Crippen LogP contribution in [0, 0.1) is 10.1 Å². The molecule has 0 unspecified atom stereocenters. The lowest BCUT2D eigenvalue weighted by Crippen LogP contribution is -2.19. The number of nitrogens with zero attached hydrogens (tertiary/aromatic N) is 3. The average molecular weight is 366 g/mol. The van der Waals surface area contributed by atoms with E-state index in [4.69, 9.17) is 0 Å². The van der Waals surface area contributed by atoms with Crippen LogP contribution in [0.3, 0.4) is 0 Å². The van der Waals surface area contributed by atoms with Gasteiger partial charge in [-0.3, -0.25) is 14.9 Å². The minimum atomic E-state index is -0.483. The number of carbonyl (C=O) groups is 1. The van der Waals surface area contributed by atoms with Gasteiger partial charge in [-0.25, -0.2) is 10.4 Å². The summed E-state index contributed by atoms with van der Waals surface area (Å²) in [7, 11) is 0. The number of carbonyl (C=O) groups excluding carboxylic acids is 1. The lowest BCUT2D eigenvalue weighted by atomic mass is 10.2. The standard InChI is InChI=1S/C18H14N4O3S/c23-17(21-19-11-13-4-3-6-15(10-13)22(24)25)12-26-18-9-8-14-5-1-2-7-16(14)20-18/h1-11H,12H2,(H,21,23). The Bertz CT molecular complexity index is 991. The molecular formula is C18H14N4O3S. The fourth-order valence-corrected chi connectivity index (χ4v) is 2.87. The zero-order valence-electron chi connectivity index (χ0n) is 13.5. The average Bonchev–Trinajstić information content (AvgIpc) is 2.66. The fourth-order valence-electron chi connectivity index (χ4n) is 2.20. The van der Waals surface area contributed by atoms with Gasteiger partial charge in [-0.05, 0) is 12.1 Å². The predicted molar refractivity (Wildman–Crippen MR) is 101 cm³/mol. The summed E-state index contributed by atoms with van der Waals surface area (Å²) < 4.78 is 0. The first-order chi connectivity index (χ1) is 12.6. The molecule has 0 aliphatic carbocycles. The van der Waals surface area contributed by atoms with E-state index >= 15 is 0 Å². The van der Waals surface area contributed by atoms with Crippen molar-refractivity contribution in [3.8, 4) is 0 Å². The van der Waals surface area contributed by atoms with Crippen molar-refractivity contribution in [3.05, 3.63) is 76.3 Å². The number of aromatic nitrogens is 1. The number of nitrogens with one attached hydrogen (secondary N) is 1. The summed E-state index contributed by atoms with van der Waals surface area (Å²) in [5.41, 5.74) is 3.78. The largest absolute Gasteiger partial charge is 0.272 e. The minimum Gasteiger partial charge on any atom is -0.272 e. The Morgan fingerprint density at radius 1 is 1.19 bits per heavy atom. The number of para-hydroxylation sites is 1. The molecule has 0 radical (unpaired) electrons. The Balaban J connectivity index is 1.53. The van der Waals surface area contributed by atoms with Gasteiger partial charge >= 0.3 is 0 Å². The minimum absolute atomic E-state index is 0.0294. The maximum atomic E-state index is 11.9. The van der Waals surface area contributed by atoms with Gasteiger partial charge in [-0.1, -0.05) is 48.2 Å². The lowest BCUT2D eigenvalue weighted by Gasteiger charge is -2.02. The van der Waals surface area contributed by atoms with Crippen LogP contribution in [0.25, 0.3) is 10.9 Å². The number of hydrazone groups is 1. The summed E-state index contributed by atoms with van der Waals surface area (Å²) in [6, 6.07) is 17.6. The van der Waals surface area contributed by atoms with E-state index < -0.39 is 4.92 Å². The number of hydrogen-bond donors (Lipinski definition) is 1. The van der Waals surface area contributed by atoms with Crippen LogP contribution in [0.15, 0.2) is 70.8 Å². The van der Waals surface area contributed by atoms with Gasteiger partial charge in [0.15, 0.2) is 0 Å². The molecule has 26 heavy (non-hydrogen) atoms. The van der Waals surface area contributed by atoms with E-state index in [1.54, 1.807) is 12.1 Å². The number of nitro benzene ring substituents is 1. The van der Waals surface area contributed by atoms with Gasteiger partial charge in [0.1, 0.15) is 0 Å². The molecule has 1 aromatic heterocycles.